The third-order valence-corrected chi connectivity index (χ3v) is 6.07. The van der Waals surface area contributed by atoms with Gasteiger partial charge in [-0.2, -0.15) is 0 Å². The highest BCUT2D eigenvalue weighted by Crippen LogP contribution is 2.44. The number of imide groups is 1. The lowest BCUT2D eigenvalue weighted by Crippen LogP contribution is -2.47. The largest absolute Gasteiger partial charge is 0.496 e. The van der Waals surface area contributed by atoms with Crippen molar-refractivity contribution in [1.82, 2.24) is 9.80 Å². The molecule has 164 valence electrons. The summed E-state index contributed by atoms with van der Waals surface area (Å²) in [4.78, 5) is 42.6. The Balaban J connectivity index is 1.96. The molecule has 1 aromatic carbocycles. The fourth-order valence-electron chi connectivity index (χ4n) is 4.42. The molecule has 1 aromatic rings. The van der Waals surface area contributed by atoms with Crippen LogP contribution in [0.3, 0.4) is 0 Å². The second kappa shape index (κ2) is 9.57. The zero-order chi connectivity index (χ0) is 21.7. The number of piperidine rings is 1. The Morgan fingerprint density at radius 1 is 1.20 bits per heavy atom. The van der Waals surface area contributed by atoms with E-state index in [9.17, 15) is 14.4 Å². The number of rotatable bonds is 8. The normalized spacial score (nSPS) is 24.4. The van der Waals surface area contributed by atoms with E-state index < -0.39 is 5.41 Å². The molecule has 0 N–H and O–H groups in total. The van der Waals surface area contributed by atoms with Crippen LogP contribution in [0.4, 0.5) is 0 Å². The summed E-state index contributed by atoms with van der Waals surface area (Å²) in [6, 6.07) is 7.11. The zero-order valence-corrected chi connectivity index (χ0v) is 17.9. The second-order valence-corrected chi connectivity index (χ2v) is 7.82. The number of hydrogen-bond donors (Lipinski definition) is 0. The number of ether oxygens (including phenoxy) is 3. The predicted molar refractivity (Wildman–Crippen MR) is 109 cm³/mol. The molecule has 0 aliphatic carbocycles. The first-order valence-corrected chi connectivity index (χ1v) is 10.2. The maximum Gasteiger partial charge on any atom is 0.241 e. The third-order valence-electron chi connectivity index (χ3n) is 6.07. The van der Waals surface area contributed by atoms with Crippen LogP contribution in [0.15, 0.2) is 24.3 Å². The summed E-state index contributed by atoms with van der Waals surface area (Å²) in [5.74, 6) is -0.335. The molecule has 0 bridgehead atoms. The number of amides is 3. The van der Waals surface area contributed by atoms with E-state index in [1.807, 2.05) is 0 Å². The minimum Gasteiger partial charge on any atom is -0.496 e. The van der Waals surface area contributed by atoms with Gasteiger partial charge in [-0.25, -0.2) is 0 Å². The van der Waals surface area contributed by atoms with Crippen molar-refractivity contribution in [2.45, 2.75) is 37.2 Å². The molecule has 2 aliphatic heterocycles. The van der Waals surface area contributed by atoms with E-state index in [4.69, 9.17) is 14.2 Å². The number of nitrogens with zero attached hydrogens (tertiary/aromatic N) is 2. The first-order chi connectivity index (χ1) is 14.5. The van der Waals surface area contributed by atoms with Crippen molar-refractivity contribution in [3.63, 3.8) is 0 Å². The molecule has 2 atom stereocenters. The molecule has 3 rings (SSSR count). The van der Waals surface area contributed by atoms with Gasteiger partial charge in [0.05, 0.1) is 31.8 Å². The van der Waals surface area contributed by atoms with Crippen molar-refractivity contribution >= 4 is 17.7 Å². The first kappa shape index (κ1) is 22.2. The van der Waals surface area contributed by atoms with E-state index in [0.29, 0.717) is 24.4 Å². The smallest absolute Gasteiger partial charge is 0.241 e. The van der Waals surface area contributed by atoms with Crippen molar-refractivity contribution in [3.05, 3.63) is 29.8 Å². The highest BCUT2D eigenvalue weighted by Gasteiger charge is 2.55. The van der Waals surface area contributed by atoms with Crippen LogP contribution in [0.2, 0.25) is 0 Å². The SMILES string of the molecule is COCCN1C(=O)C[C@](CC(=O)N2CCC[C@@H](OC)C2)(c2ccccc2OC)C1=O. The van der Waals surface area contributed by atoms with Gasteiger partial charge in [-0.1, -0.05) is 18.2 Å². The van der Waals surface area contributed by atoms with Crippen molar-refractivity contribution in [2.75, 3.05) is 47.6 Å². The Hall–Kier alpha value is -2.45. The monoisotopic (exact) mass is 418 g/mol. The lowest BCUT2D eigenvalue weighted by Gasteiger charge is -2.35. The van der Waals surface area contributed by atoms with Crippen LogP contribution < -0.4 is 4.74 Å². The van der Waals surface area contributed by atoms with Gasteiger partial charge in [0.1, 0.15) is 5.75 Å². The summed E-state index contributed by atoms with van der Waals surface area (Å²) < 4.78 is 16.0. The quantitative estimate of drug-likeness (QED) is 0.593. The summed E-state index contributed by atoms with van der Waals surface area (Å²) in [5, 5.41) is 0. The molecule has 0 radical (unpaired) electrons. The van der Waals surface area contributed by atoms with Gasteiger partial charge < -0.3 is 19.1 Å². The molecule has 8 nitrogen and oxygen atoms in total. The molecule has 8 heteroatoms. The van der Waals surface area contributed by atoms with E-state index in [0.717, 1.165) is 12.8 Å². The van der Waals surface area contributed by atoms with E-state index in [1.165, 1.54) is 19.1 Å². The molecular formula is C22H30N2O6. The minimum absolute atomic E-state index is 0.0102. The number of carbonyl (C=O) groups is 3. The Bertz CT molecular complexity index is 798. The zero-order valence-electron chi connectivity index (χ0n) is 17.9. The summed E-state index contributed by atoms with van der Waals surface area (Å²) in [7, 11) is 4.68. The molecule has 2 fully saturated rings. The predicted octanol–water partition coefficient (Wildman–Crippen LogP) is 1.37. The Kier molecular flexibility index (Phi) is 7.10. The van der Waals surface area contributed by atoms with Gasteiger partial charge >= 0.3 is 0 Å². The van der Waals surface area contributed by atoms with Crippen molar-refractivity contribution in [1.29, 1.82) is 0 Å². The number of para-hydroxylation sites is 1. The summed E-state index contributed by atoms with van der Waals surface area (Å²) in [6.45, 7) is 1.52. The highest BCUT2D eigenvalue weighted by molar-refractivity contribution is 6.11. The highest BCUT2D eigenvalue weighted by atomic mass is 16.5. The van der Waals surface area contributed by atoms with Crippen LogP contribution in [-0.2, 0) is 29.3 Å². The fraction of sp³-hybridized carbons (Fsp3) is 0.591. The first-order valence-electron chi connectivity index (χ1n) is 10.2. The molecule has 0 unspecified atom stereocenters. The summed E-state index contributed by atoms with van der Waals surface area (Å²) >= 11 is 0. The van der Waals surface area contributed by atoms with E-state index >= 15 is 0 Å². The van der Waals surface area contributed by atoms with E-state index in [1.54, 1.807) is 36.3 Å². The van der Waals surface area contributed by atoms with Crippen LogP contribution in [-0.4, -0.2) is 81.2 Å². The molecule has 30 heavy (non-hydrogen) atoms. The van der Waals surface area contributed by atoms with Crippen LogP contribution in [0.5, 0.6) is 5.75 Å². The lowest BCUT2D eigenvalue weighted by molar-refractivity contribution is -0.144. The van der Waals surface area contributed by atoms with Gasteiger partial charge in [-0.15, -0.1) is 0 Å². The number of likely N-dealkylation sites (tertiary alicyclic amines) is 2. The van der Waals surface area contributed by atoms with Crippen LogP contribution >= 0.6 is 0 Å². The van der Waals surface area contributed by atoms with E-state index in [-0.39, 0.29) is 49.8 Å². The number of carbonyl (C=O) groups excluding carboxylic acids is 3. The van der Waals surface area contributed by atoms with Crippen LogP contribution in [0.25, 0.3) is 0 Å². The van der Waals surface area contributed by atoms with Gasteiger partial charge in [-0.05, 0) is 18.9 Å². The van der Waals surface area contributed by atoms with Crippen LogP contribution in [0, 0.1) is 0 Å². The number of hydrogen-bond acceptors (Lipinski definition) is 6. The van der Waals surface area contributed by atoms with Crippen molar-refractivity contribution in [3.8, 4) is 5.75 Å². The van der Waals surface area contributed by atoms with Gasteiger partial charge in [0.15, 0.2) is 0 Å². The molecule has 2 heterocycles. The Morgan fingerprint density at radius 2 is 1.97 bits per heavy atom. The molecule has 2 aliphatic rings. The van der Waals surface area contributed by atoms with Crippen LogP contribution in [0.1, 0.15) is 31.2 Å². The summed E-state index contributed by atoms with van der Waals surface area (Å²) in [5.41, 5.74) is -0.714. The molecule has 0 aromatic heterocycles. The average molecular weight is 418 g/mol. The Morgan fingerprint density at radius 3 is 2.67 bits per heavy atom. The average Bonchev–Trinajstić information content (AvgIpc) is 3.01. The third kappa shape index (κ3) is 4.20. The summed E-state index contributed by atoms with van der Waals surface area (Å²) in [6.07, 6.45) is 1.59. The molecule has 2 saturated heterocycles. The number of benzene rings is 1. The second-order valence-electron chi connectivity index (χ2n) is 7.82. The van der Waals surface area contributed by atoms with Crippen molar-refractivity contribution in [2.24, 2.45) is 0 Å². The maximum absolute atomic E-state index is 13.5. The van der Waals surface area contributed by atoms with Gasteiger partial charge in [-0.3, -0.25) is 19.3 Å². The van der Waals surface area contributed by atoms with Gasteiger partial charge in [0.25, 0.3) is 0 Å². The van der Waals surface area contributed by atoms with Crippen molar-refractivity contribution < 1.29 is 28.6 Å². The lowest BCUT2D eigenvalue weighted by atomic mass is 9.75. The Labute approximate surface area is 177 Å². The fourth-order valence-corrected chi connectivity index (χ4v) is 4.42. The molecule has 3 amide bonds. The minimum atomic E-state index is -1.28. The maximum atomic E-state index is 13.5. The van der Waals surface area contributed by atoms with Gasteiger partial charge in [0, 0.05) is 45.7 Å². The van der Waals surface area contributed by atoms with E-state index in [2.05, 4.69) is 0 Å². The topological polar surface area (TPSA) is 85.4 Å². The molecule has 0 spiro atoms. The molecular weight excluding hydrogens is 388 g/mol. The standard InChI is InChI=1S/C22H30N2O6/c1-28-12-11-24-20(26)14-22(21(24)27,17-8-4-5-9-18(17)30-3)13-19(25)23-10-6-7-16(15-23)29-2/h4-5,8-9,16H,6-7,10-15H2,1-3H3/t16-,22-/m1/s1. The number of methoxy groups -OCH3 is 3. The molecule has 0 saturated carbocycles. The van der Waals surface area contributed by atoms with Gasteiger partial charge in [0.2, 0.25) is 17.7 Å².